The van der Waals surface area contributed by atoms with Gasteiger partial charge in [-0.2, -0.15) is 0 Å². The number of hydrogen-bond donors (Lipinski definition) is 3. The first-order valence-corrected chi connectivity index (χ1v) is 4.44. The zero-order valence-electron chi connectivity index (χ0n) is 7.86. The van der Waals surface area contributed by atoms with Gasteiger partial charge in [0.1, 0.15) is 0 Å². The van der Waals surface area contributed by atoms with Gasteiger partial charge in [-0.3, -0.25) is 4.79 Å². The average molecular weight is 194 g/mol. The van der Waals surface area contributed by atoms with E-state index < -0.39 is 0 Å². The van der Waals surface area contributed by atoms with E-state index in [-0.39, 0.29) is 18.9 Å². The Morgan fingerprint density at radius 1 is 1.36 bits per heavy atom. The summed E-state index contributed by atoms with van der Waals surface area (Å²) in [5.41, 5.74) is 6.87. The Kier molecular flexibility index (Phi) is 3.94. The molecule has 4 nitrogen and oxygen atoms in total. The summed E-state index contributed by atoms with van der Waals surface area (Å²) in [5, 5.41) is 11.6. The minimum Gasteiger partial charge on any atom is -0.395 e. The van der Waals surface area contributed by atoms with Crippen LogP contribution in [0.15, 0.2) is 24.3 Å². The van der Waals surface area contributed by atoms with Crippen LogP contribution < -0.4 is 11.1 Å². The number of anilines is 1. The molecule has 0 aromatic heterocycles. The molecule has 0 spiro atoms. The SMILES string of the molecule is NC(=O)Cc1ccc(NCCO)cc1. The number of nitrogens with two attached hydrogens (primary N) is 1. The summed E-state index contributed by atoms with van der Waals surface area (Å²) < 4.78 is 0. The minimum atomic E-state index is -0.332. The third kappa shape index (κ3) is 3.45. The van der Waals surface area contributed by atoms with Gasteiger partial charge in [-0.1, -0.05) is 12.1 Å². The predicted molar refractivity (Wildman–Crippen MR) is 54.9 cm³/mol. The number of hydrogen-bond acceptors (Lipinski definition) is 3. The molecule has 0 aliphatic heterocycles. The van der Waals surface area contributed by atoms with Crippen molar-refractivity contribution in [2.24, 2.45) is 5.73 Å². The van der Waals surface area contributed by atoms with Crippen LogP contribution in [0.4, 0.5) is 5.69 Å². The van der Waals surface area contributed by atoms with Gasteiger partial charge in [0.15, 0.2) is 0 Å². The van der Waals surface area contributed by atoms with Gasteiger partial charge < -0.3 is 16.2 Å². The quantitative estimate of drug-likeness (QED) is 0.623. The fourth-order valence-electron chi connectivity index (χ4n) is 1.14. The van der Waals surface area contributed by atoms with E-state index in [0.717, 1.165) is 11.3 Å². The van der Waals surface area contributed by atoms with Crippen LogP contribution in [-0.4, -0.2) is 24.2 Å². The van der Waals surface area contributed by atoms with Crippen molar-refractivity contribution in [3.8, 4) is 0 Å². The number of rotatable bonds is 5. The van der Waals surface area contributed by atoms with Crippen molar-refractivity contribution in [1.82, 2.24) is 0 Å². The maximum atomic E-state index is 10.6. The first kappa shape index (κ1) is 10.5. The van der Waals surface area contributed by atoms with Crippen LogP contribution >= 0.6 is 0 Å². The second-order valence-corrected chi connectivity index (χ2v) is 2.99. The molecule has 1 aromatic carbocycles. The molecule has 14 heavy (non-hydrogen) atoms. The second-order valence-electron chi connectivity index (χ2n) is 2.99. The molecule has 1 amide bonds. The zero-order chi connectivity index (χ0) is 10.4. The Bertz CT molecular complexity index is 295. The van der Waals surface area contributed by atoms with Crippen molar-refractivity contribution >= 4 is 11.6 Å². The van der Waals surface area contributed by atoms with Crippen LogP contribution in [-0.2, 0) is 11.2 Å². The van der Waals surface area contributed by atoms with E-state index in [4.69, 9.17) is 10.8 Å². The molecule has 76 valence electrons. The molecule has 0 bridgehead atoms. The first-order valence-electron chi connectivity index (χ1n) is 4.44. The van der Waals surface area contributed by atoms with Crippen LogP contribution in [0, 0.1) is 0 Å². The predicted octanol–water partition coefficient (Wildman–Crippen LogP) is 0.119. The van der Waals surface area contributed by atoms with Gasteiger partial charge in [-0.25, -0.2) is 0 Å². The Labute approximate surface area is 82.7 Å². The number of carbonyl (C=O) groups excluding carboxylic acids is 1. The summed E-state index contributed by atoms with van der Waals surface area (Å²) in [6.45, 7) is 0.623. The Morgan fingerprint density at radius 3 is 2.50 bits per heavy atom. The van der Waals surface area contributed by atoms with Gasteiger partial charge in [0, 0.05) is 12.2 Å². The molecule has 0 saturated carbocycles. The van der Waals surface area contributed by atoms with Crippen molar-refractivity contribution in [3.05, 3.63) is 29.8 Å². The molecule has 0 saturated heterocycles. The summed E-state index contributed by atoms with van der Waals surface area (Å²) in [4.78, 5) is 10.6. The molecule has 0 radical (unpaired) electrons. The van der Waals surface area contributed by atoms with Gasteiger partial charge in [-0.05, 0) is 17.7 Å². The number of aliphatic hydroxyl groups is 1. The number of benzene rings is 1. The highest BCUT2D eigenvalue weighted by Crippen LogP contribution is 2.09. The van der Waals surface area contributed by atoms with Gasteiger partial charge in [0.05, 0.1) is 13.0 Å². The lowest BCUT2D eigenvalue weighted by Crippen LogP contribution is -2.13. The van der Waals surface area contributed by atoms with Crippen molar-refractivity contribution in [2.75, 3.05) is 18.5 Å². The van der Waals surface area contributed by atoms with Crippen LogP contribution in [0.25, 0.3) is 0 Å². The van der Waals surface area contributed by atoms with E-state index in [1.54, 1.807) is 0 Å². The third-order valence-corrected chi connectivity index (χ3v) is 1.77. The number of aliphatic hydroxyl groups excluding tert-OH is 1. The number of carbonyl (C=O) groups is 1. The molecule has 0 atom stereocenters. The lowest BCUT2D eigenvalue weighted by Gasteiger charge is -2.04. The first-order chi connectivity index (χ1) is 6.72. The van der Waals surface area contributed by atoms with Crippen molar-refractivity contribution in [3.63, 3.8) is 0 Å². The van der Waals surface area contributed by atoms with Crippen LogP contribution in [0.2, 0.25) is 0 Å². The molecule has 4 N–H and O–H groups in total. The van der Waals surface area contributed by atoms with E-state index in [0.29, 0.717) is 6.54 Å². The number of nitrogens with one attached hydrogen (secondary N) is 1. The van der Waals surface area contributed by atoms with E-state index >= 15 is 0 Å². The van der Waals surface area contributed by atoms with E-state index in [9.17, 15) is 4.79 Å². The standard InChI is InChI=1S/C10H14N2O2/c11-10(14)7-8-1-3-9(4-2-8)12-5-6-13/h1-4,12-13H,5-7H2,(H2,11,14). The van der Waals surface area contributed by atoms with E-state index in [1.165, 1.54) is 0 Å². The topological polar surface area (TPSA) is 75.4 Å². The largest absolute Gasteiger partial charge is 0.395 e. The highest BCUT2D eigenvalue weighted by molar-refractivity contribution is 5.76. The Morgan fingerprint density at radius 2 is 2.00 bits per heavy atom. The lowest BCUT2D eigenvalue weighted by molar-refractivity contribution is -0.117. The molecule has 4 heteroatoms. The molecule has 0 heterocycles. The Balaban J connectivity index is 2.54. The third-order valence-electron chi connectivity index (χ3n) is 1.77. The molecule has 0 fully saturated rings. The second kappa shape index (κ2) is 5.24. The van der Waals surface area contributed by atoms with Crippen LogP contribution in [0.3, 0.4) is 0 Å². The highest BCUT2D eigenvalue weighted by atomic mass is 16.3. The summed E-state index contributed by atoms with van der Waals surface area (Å²) in [5.74, 6) is -0.332. The normalized spacial score (nSPS) is 9.79. The minimum absolute atomic E-state index is 0.100. The monoisotopic (exact) mass is 194 g/mol. The fraction of sp³-hybridized carbons (Fsp3) is 0.300. The lowest BCUT2D eigenvalue weighted by atomic mass is 10.1. The Hall–Kier alpha value is -1.55. The molecule has 1 rings (SSSR count). The molecule has 0 aliphatic carbocycles. The smallest absolute Gasteiger partial charge is 0.221 e. The summed E-state index contributed by atoms with van der Waals surface area (Å²) >= 11 is 0. The zero-order valence-corrected chi connectivity index (χ0v) is 7.86. The molecular formula is C10H14N2O2. The van der Waals surface area contributed by atoms with Gasteiger partial charge in [0.25, 0.3) is 0 Å². The molecule has 0 unspecified atom stereocenters. The summed E-state index contributed by atoms with van der Waals surface area (Å²) in [6, 6.07) is 7.39. The van der Waals surface area contributed by atoms with Crippen molar-refractivity contribution < 1.29 is 9.90 Å². The van der Waals surface area contributed by atoms with Gasteiger partial charge in [-0.15, -0.1) is 0 Å². The van der Waals surface area contributed by atoms with Crippen LogP contribution in [0.1, 0.15) is 5.56 Å². The van der Waals surface area contributed by atoms with Crippen molar-refractivity contribution in [2.45, 2.75) is 6.42 Å². The van der Waals surface area contributed by atoms with E-state index in [1.807, 2.05) is 24.3 Å². The number of primary amides is 1. The van der Waals surface area contributed by atoms with Crippen LogP contribution in [0.5, 0.6) is 0 Å². The maximum absolute atomic E-state index is 10.6. The summed E-state index contributed by atoms with van der Waals surface area (Å²) in [6.07, 6.45) is 0.264. The van der Waals surface area contributed by atoms with Crippen molar-refractivity contribution in [1.29, 1.82) is 0 Å². The van der Waals surface area contributed by atoms with Gasteiger partial charge >= 0.3 is 0 Å². The highest BCUT2D eigenvalue weighted by Gasteiger charge is 1.97. The average Bonchev–Trinajstić information content (AvgIpc) is 2.16. The van der Waals surface area contributed by atoms with Gasteiger partial charge in [0.2, 0.25) is 5.91 Å². The summed E-state index contributed by atoms with van der Waals surface area (Å²) in [7, 11) is 0. The molecule has 0 aliphatic rings. The maximum Gasteiger partial charge on any atom is 0.221 e. The molecule has 1 aromatic rings. The number of amides is 1. The molecular weight excluding hydrogens is 180 g/mol. The fourth-order valence-corrected chi connectivity index (χ4v) is 1.14. The van der Waals surface area contributed by atoms with E-state index in [2.05, 4.69) is 5.32 Å².